The fourth-order valence-electron chi connectivity index (χ4n) is 3.65. The van der Waals surface area contributed by atoms with E-state index in [-0.39, 0.29) is 30.7 Å². The molecule has 0 saturated carbocycles. The zero-order valence-corrected chi connectivity index (χ0v) is 14.3. The predicted molar refractivity (Wildman–Crippen MR) is 98.4 cm³/mol. The molecule has 0 N–H and O–H groups in total. The molecule has 3 heteroatoms. The Kier molecular flexibility index (Phi) is 4.06. The maximum Gasteiger partial charge on any atom is 0.188 e. The Bertz CT molecular complexity index is 803. The van der Waals surface area contributed by atoms with Gasteiger partial charge in [0.25, 0.3) is 0 Å². The van der Waals surface area contributed by atoms with Crippen molar-refractivity contribution in [1.29, 1.82) is 0 Å². The second-order valence-corrected chi connectivity index (χ2v) is 6.74. The van der Waals surface area contributed by atoms with E-state index in [1.807, 2.05) is 54.6 Å². The Labute approximate surface area is 153 Å². The summed E-state index contributed by atoms with van der Waals surface area (Å²) in [5.74, 6) is 0. The first-order chi connectivity index (χ1) is 12.9. The highest BCUT2D eigenvalue weighted by Crippen LogP contribution is 2.50. The van der Waals surface area contributed by atoms with Gasteiger partial charge in [-0.05, 0) is 16.7 Å². The van der Waals surface area contributed by atoms with E-state index in [1.165, 1.54) is 5.56 Å². The van der Waals surface area contributed by atoms with Crippen molar-refractivity contribution < 1.29 is 14.2 Å². The third-order valence-electron chi connectivity index (χ3n) is 5.01. The van der Waals surface area contributed by atoms with Gasteiger partial charge in [-0.2, -0.15) is 0 Å². The van der Waals surface area contributed by atoms with Crippen LogP contribution in [-0.2, 0) is 14.2 Å². The van der Waals surface area contributed by atoms with Crippen LogP contribution in [0.3, 0.4) is 0 Å². The highest BCUT2D eigenvalue weighted by molar-refractivity contribution is 5.27. The molecule has 2 heterocycles. The number of benzene rings is 3. The van der Waals surface area contributed by atoms with Crippen LogP contribution in [0, 0.1) is 0 Å². The second-order valence-electron chi connectivity index (χ2n) is 6.74. The summed E-state index contributed by atoms with van der Waals surface area (Å²) in [6.07, 6.45) is -0.645. The van der Waals surface area contributed by atoms with Crippen LogP contribution in [0.1, 0.15) is 35.0 Å². The van der Waals surface area contributed by atoms with Gasteiger partial charge in [0.15, 0.2) is 6.29 Å². The van der Waals surface area contributed by atoms with Crippen molar-refractivity contribution in [2.45, 2.75) is 30.7 Å². The van der Waals surface area contributed by atoms with Gasteiger partial charge in [0.1, 0.15) is 24.4 Å². The minimum Gasteiger partial charge on any atom is -0.359 e. The molecule has 26 heavy (non-hydrogen) atoms. The van der Waals surface area contributed by atoms with Crippen LogP contribution < -0.4 is 0 Å². The predicted octanol–water partition coefficient (Wildman–Crippen LogP) is 4.98. The lowest BCUT2D eigenvalue weighted by Crippen LogP contribution is -2.16. The molecule has 2 fully saturated rings. The van der Waals surface area contributed by atoms with Crippen molar-refractivity contribution in [3.63, 3.8) is 0 Å². The summed E-state index contributed by atoms with van der Waals surface area (Å²) in [5.41, 5.74) is 3.42. The van der Waals surface area contributed by atoms with Gasteiger partial charge in [-0.15, -0.1) is 0 Å². The van der Waals surface area contributed by atoms with Crippen LogP contribution in [0.5, 0.6) is 0 Å². The number of hydrogen-bond donors (Lipinski definition) is 0. The zero-order chi connectivity index (χ0) is 17.3. The average Bonchev–Trinajstić information content (AvgIpc) is 3.41. The Hall–Kier alpha value is -2.46. The molecule has 0 radical (unpaired) electrons. The molecule has 0 aliphatic carbocycles. The van der Waals surface area contributed by atoms with Crippen molar-refractivity contribution in [1.82, 2.24) is 0 Å². The first-order valence-electron chi connectivity index (χ1n) is 9.01. The van der Waals surface area contributed by atoms with Crippen LogP contribution in [0.15, 0.2) is 91.0 Å². The number of ether oxygens (including phenoxy) is 3. The fourth-order valence-corrected chi connectivity index (χ4v) is 3.65. The summed E-state index contributed by atoms with van der Waals surface area (Å²) in [6.45, 7) is 0. The van der Waals surface area contributed by atoms with E-state index in [1.54, 1.807) is 0 Å². The molecule has 0 bridgehead atoms. The Balaban J connectivity index is 1.40. The van der Waals surface area contributed by atoms with Gasteiger partial charge in [-0.3, -0.25) is 0 Å². The van der Waals surface area contributed by atoms with Crippen molar-refractivity contribution in [2.75, 3.05) is 0 Å². The average molecular weight is 344 g/mol. The molecular weight excluding hydrogens is 324 g/mol. The molecule has 3 aromatic carbocycles. The van der Waals surface area contributed by atoms with Gasteiger partial charge in [0.2, 0.25) is 0 Å². The van der Waals surface area contributed by atoms with Crippen LogP contribution in [-0.4, -0.2) is 12.4 Å². The molecule has 4 atom stereocenters. The number of hydrogen-bond acceptors (Lipinski definition) is 3. The smallest absolute Gasteiger partial charge is 0.188 e. The van der Waals surface area contributed by atoms with Gasteiger partial charge in [-0.1, -0.05) is 91.0 Å². The number of epoxide rings is 1. The van der Waals surface area contributed by atoms with Gasteiger partial charge in [-0.25, -0.2) is 0 Å². The maximum absolute atomic E-state index is 6.34. The lowest BCUT2D eigenvalue weighted by Gasteiger charge is -2.17. The molecule has 2 aliphatic rings. The quantitative estimate of drug-likeness (QED) is 0.625. The number of rotatable bonds is 4. The van der Waals surface area contributed by atoms with E-state index >= 15 is 0 Å². The van der Waals surface area contributed by atoms with Crippen LogP contribution in [0.2, 0.25) is 0 Å². The van der Waals surface area contributed by atoms with Crippen LogP contribution in [0.4, 0.5) is 0 Å². The van der Waals surface area contributed by atoms with E-state index in [2.05, 4.69) is 36.4 Å². The highest BCUT2D eigenvalue weighted by Gasteiger charge is 2.53. The summed E-state index contributed by atoms with van der Waals surface area (Å²) in [5, 5.41) is 0. The Morgan fingerprint density at radius 3 is 1.23 bits per heavy atom. The minimum absolute atomic E-state index is 0.0483. The van der Waals surface area contributed by atoms with E-state index in [0.29, 0.717) is 0 Å². The molecule has 0 amide bonds. The van der Waals surface area contributed by atoms with Gasteiger partial charge >= 0.3 is 0 Å². The lowest BCUT2D eigenvalue weighted by atomic mass is 9.99. The second kappa shape index (κ2) is 6.69. The third-order valence-corrected chi connectivity index (χ3v) is 5.01. The van der Waals surface area contributed by atoms with Crippen LogP contribution >= 0.6 is 0 Å². The molecule has 130 valence electrons. The molecular formula is C23H20O3. The summed E-state index contributed by atoms with van der Waals surface area (Å²) in [6, 6.07) is 30.8. The zero-order valence-electron chi connectivity index (χ0n) is 14.3. The lowest BCUT2D eigenvalue weighted by molar-refractivity contribution is -0.0822. The van der Waals surface area contributed by atoms with Gasteiger partial charge in [0.05, 0.1) is 0 Å². The van der Waals surface area contributed by atoms with Gasteiger partial charge in [0, 0.05) is 0 Å². The first-order valence-corrected chi connectivity index (χ1v) is 9.01. The maximum atomic E-state index is 6.34. The van der Waals surface area contributed by atoms with E-state index in [0.717, 1.165) is 11.1 Å². The van der Waals surface area contributed by atoms with Crippen LogP contribution in [0.25, 0.3) is 0 Å². The molecule has 5 rings (SSSR count). The third kappa shape index (κ3) is 2.95. The first kappa shape index (κ1) is 15.8. The normalized spacial score (nSPS) is 28.2. The molecule has 0 unspecified atom stereocenters. The molecule has 2 saturated heterocycles. The Morgan fingerprint density at radius 2 is 0.808 bits per heavy atom. The highest BCUT2D eigenvalue weighted by atomic mass is 16.8. The molecule has 2 aliphatic heterocycles. The monoisotopic (exact) mass is 344 g/mol. The summed E-state index contributed by atoms with van der Waals surface area (Å²) >= 11 is 0. The largest absolute Gasteiger partial charge is 0.359 e. The van der Waals surface area contributed by atoms with Crippen molar-refractivity contribution in [3.8, 4) is 0 Å². The summed E-state index contributed by atoms with van der Waals surface area (Å²) < 4.78 is 18.6. The SMILES string of the molecule is c1ccc([C@@H]2OC([C@@H]3O[C@H]3c3ccccc3)O[C@H]2c2ccccc2)cc1. The molecule has 0 spiro atoms. The van der Waals surface area contributed by atoms with Crippen molar-refractivity contribution >= 4 is 0 Å². The standard InChI is InChI=1S/C23H20O3/c1-4-10-16(11-5-1)19-20(17-12-6-2-7-13-17)26-23(25-19)22-21(24-22)18-14-8-3-9-15-18/h1-15,19-23H/t19-,20-,21-,22+/m0/s1. The topological polar surface area (TPSA) is 31.0 Å². The Morgan fingerprint density at radius 1 is 0.423 bits per heavy atom. The van der Waals surface area contributed by atoms with E-state index in [4.69, 9.17) is 14.2 Å². The summed E-state index contributed by atoms with van der Waals surface area (Å²) in [7, 11) is 0. The molecule has 0 aromatic heterocycles. The fraction of sp³-hybridized carbons (Fsp3) is 0.217. The minimum atomic E-state index is -0.365. The van der Waals surface area contributed by atoms with Crippen molar-refractivity contribution in [2.24, 2.45) is 0 Å². The molecule has 3 aromatic rings. The van der Waals surface area contributed by atoms with Crippen molar-refractivity contribution in [3.05, 3.63) is 108 Å². The summed E-state index contributed by atoms with van der Waals surface area (Å²) in [4.78, 5) is 0. The van der Waals surface area contributed by atoms with E-state index in [9.17, 15) is 0 Å². The van der Waals surface area contributed by atoms with Gasteiger partial charge < -0.3 is 14.2 Å². The van der Waals surface area contributed by atoms with E-state index < -0.39 is 0 Å². The molecule has 3 nitrogen and oxygen atoms in total.